The highest BCUT2D eigenvalue weighted by Crippen LogP contribution is 2.63. The zero-order valence-electron chi connectivity index (χ0n) is 16.7. The monoisotopic (exact) mass is 370 g/mol. The molecular weight excluding hydrogens is 344 g/mol. The van der Waals surface area contributed by atoms with E-state index in [4.69, 9.17) is 15.0 Å². The predicted octanol–water partition coefficient (Wildman–Crippen LogP) is 6.31. The van der Waals surface area contributed by atoms with E-state index in [0.29, 0.717) is 6.61 Å². The molecule has 3 aromatic carbocycles. The smallest absolute Gasteiger partial charge is 0.212 e. The lowest BCUT2D eigenvalue weighted by Crippen LogP contribution is -2.51. The Labute approximate surface area is 167 Å². The molecule has 0 saturated carbocycles. The van der Waals surface area contributed by atoms with Crippen molar-refractivity contribution in [2.24, 2.45) is 15.6 Å². The first kappa shape index (κ1) is 18.6. The van der Waals surface area contributed by atoms with Crippen molar-refractivity contribution in [1.29, 1.82) is 0 Å². The molecule has 142 valence electrons. The molecule has 3 heteroatoms. The van der Waals surface area contributed by atoms with Crippen molar-refractivity contribution >= 4 is 0 Å². The summed E-state index contributed by atoms with van der Waals surface area (Å²) >= 11 is 0. The summed E-state index contributed by atoms with van der Waals surface area (Å²) in [6, 6.07) is 31.1. The van der Waals surface area contributed by atoms with Gasteiger partial charge in [-0.25, -0.2) is 0 Å². The number of rotatable bonds is 5. The molecule has 0 bridgehead atoms. The zero-order valence-corrected chi connectivity index (χ0v) is 16.7. The van der Waals surface area contributed by atoms with Crippen LogP contribution in [0.1, 0.15) is 37.5 Å². The lowest BCUT2D eigenvalue weighted by Gasteiger charge is -2.47. The van der Waals surface area contributed by atoms with Crippen LogP contribution in [-0.2, 0) is 16.0 Å². The Kier molecular flexibility index (Phi) is 4.64. The maximum atomic E-state index is 6.43. The summed E-state index contributed by atoms with van der Waals surface area (Å²) in [6.07, 6.45) is 0. The minimum absolute atomic E-state index is 0.472. The minimum atomic E-state index is -0.866. The van der Waals surface area contributed by atoms with Crippen LogP contribution >= 0.6 is 0 Å². The molecule has 0 radical (unpaired) electrons. The molecule has 1 aliphatic heterocycles. The summed E-state index contributed by atoms with van der Waals surface area (Å²) in [6.45, 7) is 7.00. The fraction of sp³-hybridized carbons (Fsp3) is 0.280. The van der Waals surface area contributed by atoms with E-state index in [-0.39, 0.29) is 0 Å². The van der Waals surface area contributed by atoms with Crippen molar-refractivity contribution in [1.82, 2.24) is 0 Å². The van der Waals surface area contributed by atoms with Gasteiger partial charge < -0.3 is 4.74 Å². The van der Waals surface area contributed by atoms with Crippen molar-refractivity contribution in [3.05, 3.63) is 108 Å². The molecule has 0 aromatic heterocycles. The number of hydrogen-bond acceptors (Lipinski definition) is 3. The van der Waals surface area contributed by atoms with E-state index in [1.165, 1.54) is 0 Å². The summed E-state index contributed by atoms with van der Waals surface area (Å²) in [4.78, 5) is 0. The molecule has 0 amide bonds. The van der Waals surface area contributed by atoms with E-state index in [1.807, 2.05) is 37.3 Å². The molecule has 0 N–H and O–H groups in total. The first-order chi connectivity index (χ1) is 13.6. The SMILES string of the molecule is CCO[C@]1(c2ccccc2)N=NC(c2ccccc2)(c2ccccc2)C1(C)C. The van der Waals surface area contributed by atoms with Crippen molar-refractivity contribution in [3.8, 4) is 0 Å². The van der Waals surface area contributed by atoms with Crippen LogP contribution < -0.4 is 0 Å². The van der Waals surface area contributed by atoms with Gasteiger partial charge in [-0.2, -0.15) is 10.2 Å². The van der Waals surface area contributed by atoms with Crippen LogP contribution in [0.4, 0.5) is 0 Å². The van der Waals surface area contributed by atoms with E-state index < -0.39 is 16.7 Å². The number of ether oxygens (including phenoxy) is 1. The van der Waals surface area contributed by atoms with E-state index in [9.17, 15) is 0 Å². The summed E-state index contributed by atoms with van der Waals surface area (Å²) in [5.41, 5.74) is 1.27. The molecule has 28 heavy (non-hydrogen) atoms. The highest BCUT2D eigenvalue weighted by molar-refractivity contribution is 5.45. The van der Waals surface area contributed by atoms with Crippen LogP contribution in [0.15, 0.2) is 101 Å². The van der Waals surface area contributed by atoms with Gasteiger partial charge in [-0.3, -0.25) is 0 Å². The number of nitrogens with zero attached hydrogens (tertiary/aromatic N) is 2. The molecule has 3 nitrogen and oxygen atoms in total. The van der Waals surface area contributed by atoms with Gasteiger partial charge in [0.2, 0.25) is 5.72 Å². The molecule has 0 aliphatic carbocycles. The molecule has 0 fully saturated rings. The Morgan fingerprint density at radius 2 is 1.07 bits per heavy atom. The lowest BCUT2D eigenvalue weighted by molar-refractivity contribution is -0.124. The second-order valence-corrected chi connectivity index (χ2v) is 7.71. The number of azo groups is 1. The second kappa shape index (κ2) is 6.99. The van der Waals surface area contributed by atoms with Crippen molar-refractivity contribution in [2.45, 2.75) is 32.0 Å². The van der Waals surface area contributed by atoms with E-state index in [2.05, 4.69) is 74.5 Å². The Balaban J connectivity index is 2.01. The topological polar surface area (TPSA) is 34.0 Å². The Morgan fingerprint density at radius 1 is 0.643 bits per heavy atom. The molecule has 1 atom stereocenters. The van der Waals surface area contributed by atoms with Gasteiger partial charge in [0, 0.05) is 12.2 Å². The van der Waals surface area contributed by atoms with Gasteiger partial charge in [-0.1, -0.05) is 105 Å². The third-order valence-corrected chi connectivity index (χ3v) is 5.99. The standard InChI is InChI=1S/C25H26N2O/c1-4-28-25(22-18-12-7-13-19-22)23(2,3)24(26-27-25,20-14-8-5-9-15-20)21-16-10-6-11-17-21/h5-19H,4H2,1-3H3/t25-/m0/s1. The van der Waals surface area contributed by atoms with Crippen LogP contribution in [0.3, 0.4) is 0 Å². The maximum Gasteiger partial charge on any atom is 0.212 e. The van der Waals surface area contributed by atoms with E-state index in [0.717, 1.165) is 16.7 Å². The predicted molar refractivity (Wildman–Crippen MR) is 112 cm³/mol. The van der Waals surface area contributed by atoms with Crippen LogP contribution in [0.2, 0.25) is 0 Å². The van der Waals surface area contributed by atoms with Crippen LogP contribution in [0.25, 0.3) is 0 Å². The number of benzene rings is 3. The highest BCUT2D eigenvalue weighted by atomic mass is 16.5. The summed E-state index contributed by atoms with van der Waals surface area (Å²) < 4.78 is 6.43. The molecule has 4 rings (SSSR count). The van der Waals surface area contributed by atoms with E-state index in [1.54, 1.807) is 0 Å². The maximum absolute atomic E-state index is 6.43. The third-order valence-electron chi connectivity index (χ3n) is 5.99. The average molecular weight is 370 g/mol. The van der Waals surface area contributed by atoms with Crippen molar-refractivity contribution in [3.63, 3.8) is 0 Å². The van der Waals surface area contributed by atoms with Gasteiger partial charge in [0.05, 0.1) is 5.41 Å². The van der Waals surface area contributed by atoms with Crippen LogP contribution in [-0.4, -0.2) is 6.61 Å². The molecule has 0 spiro atoms. The Morgan fingerprint density at radius 3 is 1.50 bits per heavy atom. The lowest BCUT2D eigenvalue weighted by atomic mass is 9.60. The Bertz CT molecular complexity index is 912. The quantitative estimate of drug-likeness (QED) is 0.518. The van der Waals surface area contributed by atoms with Gasteiger partial charge in [0.1, 0.15) is 5.54 Å². The fourth-order valence-electron chi connectivity index (χ4n) is 4.59. The molecule has 0 saturated heterocycles. The van der Waals surface area contributed by atoms with Crippen LogP contribution in [0, 0.1) is 5.41 Å². The Hall–Kier alpha value is -2.78. The van der Waals surface area contributed by atoms with Gasteiger partial charge in [-0.15, -0.1) is 0 Å². The first-order valence-corrected chi connectivity index (χ1v) is 9.83. The third kappa shape index (κ3) is 2.46. The average Bonchev–Trinajstić information content (AvgIpc) is 2.99. The minimum Gasteiger partial charge on any atom is -0.348 e. The largest absolute Gasteiger partial charge is 0.348 e. The normalized spacial score (nSPS) is 22.2. The van der Waals surface area contributed by atoms with Crippen LogP contribution in [0.5, 0.6) is 0 Å². The summed E-state index contributed by atoms with van der Waals surface area (Å²) in [7, 11) is 0. The molecular formula is C25H26N2O. The number of hydrogen-bond donors (Lipinski definition) is 0. The van der Waals surface area contributed by atoms with Crippen molar-refractivity contribution in [2.75, 3.05) is 6.61 Å². The summed E-state index contributed by atoms with van der Waals surface area (Å²) in [5, 5.41) is 9.90. The fourth-order valence-corrected chi connectivity index (χ4v) is 4.59. The molecule has 1 aliphatic rings. The highest BCUT2D eigenvalue weighted by Gasteiger charge is 2.66. The second-order valence-electron chi connectivity index (χ2n) is 7.71. The van der Waals surface area contributed by atoms with Gasteiger partial charge in [-0.05, 0) is 18.1 Å². The van der Waals surface area contributed by atoms with Gasteiger partial charge in [0.25, 0.3) is 0 Å². The molecule has 1 heterocycles. The zero-order chi connectivity index (χ0) is 19.7. The van der Waals surface area contributed by atoms with Gasteiger partial charge >= 0.3 is 0 Å². The summed E-state index contributed by atoms with van der Waals surface area (Å²) in [5.74, 6) is 0. The molecule has 3 aromatic rings. The molecule has 0 unspecified atom stereocenters. The first-order valence-electron chi connectivity index (χ1n) is 9.83. The van der Waals surface area contributed by atoms with E-state index >= 15 is 0 Å². The van der Waals surface area contributed by atoms with Crippen molar-refractivity contribution < 1.29 is 4.74 Å². The van der Waals surface area contributed by atoms with Gasteiger partial charge in [0.15, 0.2) is 0 Å².